The van der Waals surface area contributed by atoms with Gasteiger partial charge in [-0.2, -0.15) is 6.07 Å². The summed E-state index contributed by atoms with van der Waals surface area (Å²) in [6, 6.07) is 4.86. The molecule has 22 heavy (non-hydrogen) atoms. The van der Waals surface area contributed by atoms with E-state index in [0.717, 1.165) is 12.0 Å². The summed E-state index contributed by atoms with van der Waals surface area (Å²) in [6.45, 7) is 2.83. The number of hydrogen-bond acceptors (Lipinski definition) is 4. The van der Waals surface area contributed by atoms with Crippen LogP contribution >= 0.6 is 0 Å². The number of piperazine rings is 1. The van der Waals surface area contributed by atoms with Crippen molar-refractivity contribution < 1.29 is 42.6 Å². The van der Waals surface area contributed by atoms with Crippen molar-refractivity contribution in [2.24, 2.45) is 0 Å². The Morgan fingerprint density at radius 3 is 2.59 bits per heavy atom. The molecular formula is C14H16B2N3O2Y-. The molecule has 1 N–H and O–H groups in total. The summed E-state index contributed by atoms with van der Waals surface area (Å²) in [5, 5.41) is 9.85. The number of pyridine rings is 1. The Balaban J connectivity index is 0.00000176. The molecule has 0 unspecified atom stereocenters. The standard InChI is InChI=1S/C14H16B2N3O2.Y/c1-2-10-3-4-11(17-9-10)18-7-8-19(14(15,16)21)13(5-6-13)12(18)20;/h4,9,21H,2,5-8H2,1H3;/q-1;. The van der Waals surface area contributed by atoms with Gasteiger partial charge in [-0.05, 0) is 12.8 Å². The van der Waals surface area contributed by atoms with Crippen LogP contribution in [0.1, 0.15) is 25.3 Å². The monoisotopic (exact) mass is 369 g/mol. The normalized spacial score (nSPS) is 20.8. The molecule has 1 spiro atoms. The Hall–Kier alpha value is -0.226. The van der Waals surface area contributed by atoms with Crippen LogP contribution in [0.4, 0.5) is 5.82 Å². The van der Waals surface area contributed by atoms with Gasteiger partial charge in [0.2, 0.25) is 5.91 Å². The van der Waals surface area contributed by atoms with E-state index in [1.807, 2.05) is 6.92 Å². The predicted molar refractivity (Wildman–Crippen MR) is 79.9 cm³/mol. The van der Waals surface area contributed by atoms with Crippen molar-refractivity contribution in [2.75, 3.05) is 18.0 Å². The van der Waals surface area contributed by atoms with Crippen LogP contribution in [-0.2, 0) is 43.9 Å². The number of aliphatic hydroxyl groups is 1. The van der Waals surface area contributed by atoms with E-state index in [9.17, 15) is 9.90 Å². The fraction of sp³-hybridized carbons (Fsp3) is 0.571. The molecule has 1 aromatic rings. The van der Waals surface area contributed by atoms with Crippen LogP contribution in [0.15, 0.2) is 12.3 Å². The second-order valence-electron chi connectivity index (χ2n) is 5.71. The third kappa shape index (κ3) is 3.05. The summed E-state index contributed by atoms with van der Waals surface area (Å²) >= 11 is 0. The Morgan fingerprint density at radius 1 is 1.45 bits per heavy atom. The fourth-order valence-electron chi connectivity index (χ4n) is 2.94. The molecular weight excluding hydrogens is 353 g/mol. The summed E-state index contributed by atoms with van der Waals surface area (Å²) in [5.41, 5.74) is -1.74. The van der Waals surface area contributed by atoms with Gasteiger partial charge in [0, 0.05) is 57.1 Å². The van der Waals surface area contributed by atoms with Crippen molar-refractivity contribution in [2.45, 2.75) is 37.2 Å². The summed E-state index contributed by atoms with van der Waals surface area (Å²) < 4.78 is 0. The second-order valence-corrected chi connectivity index (χ2v) is 5.71. The van der Waals surface area contributed by atoms with Crippen LogP contribution in [-0.4, -0.2) is 60.7 Å². The third-order valence-corrected chi connectivity index (χ3v) is 4.26. The number of amides is 1. The molecule has 8 heteroatoms. The van der Waals surface area contributed by atoms with Gasteiger partial charge in [-0.15, -0.1) is 11.6 Å². The molecule has 0 aromatic carbocycles. The zero-order valence-corrected chi connectivity index (χ0v) is 15.5. The van der Waals surface area contributed by atoms with E-state index in [-0.39, 0.29) is 38.6 Å². The van der Waals surface area contributed by atoms with Gasteiger partial charge >= 0.3 is 0 Å². The average molecular weight is 369 g/mol. The van der Waals surface area contributed by atoms with Crippen molar-refractivity contribution >= 4 is 27.4 Å². The molecule has 5 nitrogen and oxygen atoms in total. The molecule has 1 aromatic heterocycles. The number of aryl methyl sites for hydroxylation is 1. The SMILES string of the molecule is [B]C([B])(O)N1CCN(c2c[c-]c(CC)cn2)C(=O)C12CC2.[Y]. The van der Waals surface area contributed by atoms with Gasteiger partial charge < -0.3 is 15.0 Å². The van der Waals surface area contributed by atoms with Gasteiger partial charge in [0.25, 0.3) is 0 Å². The van der Waals surface area contributed by atoms with Crippen LogP contribution in [0.3, 0.4) is 0 Å². The number of carbonyl (C=O) groups excluding carboxylic acids is 1. The first-order chi connectivity index (χ1) is 9.88. The van der Waals surface area contributed by atoms with E-state index in [1.54, 1.807) is 17.2 Å². The van der Waals surface area contributed by atoms with Gasteiger partial charge in [-0.1, -0.05) is 19.5 Å². The number of nitrogens with zero attached hydrogens (tertiary/aromatic N) is 3. The number of carbonyl (C=O) groups is 1. The van der Waals surface area contributed by atoms with Crippen molar-refractivity contribution in [3.8, 4) is 0 Å². The maximum atomic E-state index is 12.7. The van der Waals surface area contributed by atoms with E-state index in [4.69, 9.17) is 15.7 Å². The van der Waals surface area contributed by atoms with Crippen molar-refractivity contribution in [1.29, 1.82) is 0 Å². The van der Waals surface area contributed by atoms with Crippen molar-refractivity contribution in [3.05, 3.63) is 23.9 Å². The van der Waals surface area contributed by atoms with Gasteiger partial charge in [0.1, 0.15) is 21.2 Å². The Kier molecular flexibility index (Phi) is 5.23. The summed E-state index contributed by atoms with van der Waals surface area (Å²) in [4.78, 5) is 20.2. The van der Waals surface area contributed by atoms with Gasteiger partial charge in [0.15, 0.2) is 0 Å². The molecule has 1 aliphatic heterocycles. The number of anilines is 1. The van der Waals surface area contributed by atoms with Crippen LogP contribution in [0.25, 0.3) is 0 Å². The third-order valence-electron chi connectivity index (χ3n) is 4.26. The van der Waals surface area contributed by atoms with E-state index in [0.29, 0.717) is 31.7 Å². The molecule has 1 saturated carbocycles. The van der Waals surface area contributed by atoms with Crippen LogP contribution in [0, 0.1) is 6.07 Å². The van der Waals surface area contributed by atoms with Crippen molar-refractivity contribution in [1.82, 2.24) is 9.88 Å². The van der Waals surface area contributed by atoms with Crippen molar-refractivity contribution in [3.63, 3.8) is 0 Å². The van der Waals surface area contributed by atoms with E-state index in [2.05, 4.69) is 11.1 Å². The Bertz CT molecular complexity index is 558. The molecule has 1 saturated heterocycles. The van der Waals surface area contributed by atoms with Crippen LogP contribution < -0.4 is 4.90 Å². The molecule has 0 atom stereocenters. The minimum Gasteiger partial charge on any atom is -0.395 e. The predicted octanol–water partition coefficient (Wildman–Crippen LogP) is -0.437. The number of rotatable bonds is 3. The zero-order valence-electron chi connectivity index (χ0n) is 12.6. The second kappa shape index (κ2) is 6.35. The molecule has 5 radical (unpaired) electrons. The maximum Gasteiger partial charge on any atom is 0.237 e. The average Bonchev–Trinajstić information content (AvgIpc) is 3.22. The number of aromatic nitrogens is 1. The van der Waals surface area contributed by atoms with Gasteiger partial charge in [-0.25, -0.2) is 0 Å². The molecule has 2 fully saturated rings. The minimum atomic E-state index is -1.97. The van der Waals surface area contributed by atoms with E-state index >= 15 is 0 Å². The van der Waals surface area contributed by atoms with Gasteiger partial charge in [-0.3, -0.25) is 9.69 Å². The maximum absolute atomic E-state index is 12.7. The molecule has 1 aliphatic carbocycles. The summed E-state index contributed by atoms with van der Waals surface area (Å²) in [7, 11) is 11.2. The molecule has 3 rings (SSSR count). The van der Waals surface area contributed by atoms with Crippen LogP contribution in [0.2, 0.25) is 0 Å². The molecule has 2 aliphatic rings. The Morgan fingerprint density at radius 2 is 2.14 bits per heavy atom. The molecule has 1 amide bonds. The minimum absolute atomic E-state index is 0. The smallest absolute Gasteiger partial charge is 0.237 e. The molecule has 0 bridgehead atoms. The first-order valence-electron chi connectivity index (χ1n) is 7.15. The summed E-state index contributed by atoms with van der Waals surface area (Å²) in [5.74, 6) is 0.480. The molecule has 109 valence electrons. The largest absolute Gasteiger partial charge is 0.395 e. The van der Waals surface area contributed by atoms with Gasteiger partial charge in [0.05, 0.1) is 0 Å². The topological polar surface area (TPSA) is 56.7 Å². The quantitative estimate of drug-likeness (QED) is 0.581. The summed E-state index contributed by atoms with van der Waals surface area (Å²) in [6.07, 6.45) is 3.88. The number of hydrogen-bond donors (Lipinski definition) is 1. The Labute approximate surface area is 158 Å². The fourth-order valence-corrected chi connectivity index (χ4v) is 2.94. The molecule has 2 heterocycles. The first-order valence-corrected chi connectivity index (χ1v) is 7.15. The van der Waals surface area contributed by atoms with E-state index < -0.39 is 11.1 Å². The first kappa shape index (κ1) is 18.1. The zero-order chi connectivity index (χ0) is 15.3. The van der Waals surface area contributed by atoms with Crippen LogP contribution in [0.5, 0.6) is 0 Å². The van der Waals surface area contributed by atoms with E-state index in [1.165, 1.54) is 4.90 Å².